The normalized spacial score (nSPS) is 11.6. The molecule has 0 heterocycles. The molecule has 0 aromatic heterocycles. The molecule has 21 heavy (non-hydrogen) atoms. The van der Waals surface area contributed by atoms with Crippen LogP contribution in [0.2, 0.25) is 0 Å². The number of hydrogen-bond acceptors (Lipinski definition) is 5. The first kappa shape index (κ1) is 16.4. The zero-order chi connectivity index (χ0) is 16.0. The number of ketones is 1. The Morgan fingerprint density at radius 2 is 1.57 bits per heavy atom. The van der Waals surface area contributed by atoms with E-state index in [1.807, 2.05) is 0 Å². The molecule has 0 fully saturated rings. The maximum atomic E-state index is 12.0. The smallest absolute Gasteiger partial charge is 0.186 e. The average Bonchev–Trinajstić information content (AvgIpc) is 2.48. The molecule has 0 aliphatic carbocycles. The van der Waals surface area contributed by atoms with Crippen LogP contribution < -0.4 is 0 Å². The summed E-state index contributed by atoms with van der Waals surface area (Å²) in [6.45, 7) is 1.24. The maximum absolute atomic E-state index is 12.0. The highest BCUT2D eigenvalue weighted by molar-refractivity contribution is 9.10. The summed E-state index contributed by atoms with van der Waals surface area (Å²) in [6, 6.07) is 13.2. The molecule has 0 saturated carbocycles. The zero-order valence-corrected chi connectivity index (χ0v) is 12.6. The molecule has 0 saturated heterocycles. The third-order valence-corrected chi connectivity index (χ3v) is 3.68. The summed E-state index contributed by atoms with van der Waals surface area (Å²) in [6.07, 6.45) is 0. The van der Waals surface area contributed by atoms with Crippen LogP contribution in [0.5, 0.6) is 0 Å². The van der Waals surface area contributed by atoms with Gasteiger partial charge in [0, 0.05) is 4.47 Å². The van der Waals surface area contributed by atoms with Gasteiger partial charge in [0.15, 0.2) is 11.3 Å². The van der Waals surface area contributed by atoms with E-state index < -0.39 is 23.0 Å². The lowest BCUT2D eigenvalue weighted by Gasteiger charge is -2.28. The molecule has 1 rings (SSSR count). The predicted octanol–water partition coefficient (Wildman–Crippen LogP) is 2.82. The first-order chi connectivity index (χ1) is 9.96. The van der Waals surface area contributed by atoms with Crippen LogP contribution in [0.25, 0.3) is 0 Å². The number of nitriles is 4. The highest BCUT2D eigenvalue weighted by Crippen LogP contribution is 2.42. The molecule has 0 amide bonds. The third-order valence-electron chi connectivity index (χ3n) is 3.15. The highest BCUT2D eigenvalue weighted by atomic mass is 79.9. The van der Waals surface area contributed by atoms with E-state index in [2.05, 4.69) is 15.9 Å². The van der Waals surface area contributed by atoms with Crippen molar-refractivity contribution in [2.24, 2.45) is 11.3 Å². The number of rotatable bonds is 4. The number of nitrogens with zero attached hydrogens (tertiary/aromatic N) is 4. The van der Waals surface area contributed by atoms with Crippen LogP contribution in [0.15, 0.2) is 28.7 Å². The van der Waals surface area contributed by atoms with E-state index in [1.54, 1.807) is 48.5 Å². The molecule has 0 radical (unpaired) electrons. The van der Waals surface area contributed by atoms with Crippen molar-refractivity contribution in [1.29, 1.82) is 21.0 Å². The van der Waals surface area contributed by atoms with E-state index in [9.17, 15) is 15.3 Å². The van der Waals surface area contributed by atoms with Gasteiger partial charge >= 0.3 is 0 Å². The van der Waals surface area contributed by atoms with Crippen LogP contribution in [0, 0.1) is 56.7 Å². The number of Topliss-reactive ketones (excluding diaryl/α,β-unsaturated/α-hetero) is 1. The highest BCUT2D eigenvalue weighted by Gasteiger charge is 2.50. The van der Waals surface area contributed by atoms with Crippen molar-refractivity contribution >= 4 is 21.7 Å². The summed E-state index contributed by atoms with van der Waals surface area (Å²) in [5.41, 5.74) is -1.62. The molecule has 0 aliphatic heterocycles. The fourth-order valence-corrected chi connectivity index (χ4v) is 2.42. The Kier molecular flexibility index (Phi) is 5.20. The van der Waals surface area contributed by atoms with Crippen LogP contribution in [-0.2, 0) is 4.79 Å². The fourth-order valence-electron chi connectivity index (χ4n) is 2.16. The molecule has 1 aromatic rings. The Bertz CT molecular complexity index is 685. The van der Waals surface area contributed by atoms with Crippen LogP contribution >= 0.6 is 15.9 Å². The van der Waals surface area contributed by atoms with E-state index in [1.165, 1.54) is 6.92 Å². The molecule has 1 aromatic carbocycles. The minimum atomic E-state index is -2.04. The second kappa shape index (κ2) is 6.67. The van der Waals surface area contributed by atoms with Gasteiger partial charge in [-0.25, -0.2) is 0 Å². The first-order valence-corrected chi connectivity index (χ1v) is 6.63. The lowest BCUT2D eigenvalue weighted by molar-refractivity contribution is -0.120. The minimum absolute atomic E-state index is 0.421. The average molecular weight is 341 g/mol. The number of hydrogen-bond donors (Lipinski definition) is 0. The van der Waals surface area contributed by atoms with Gasteiger partial charge in [-0.05, 0) is 24.6 Å². The maximum Gasteiger partial charge on any atom is 0.186 e. The predicted molar refractivity (Wildman–Crippen MR) is 75.9 cm³/mol. The zero-order valence-electron chi connectivity index (χ0n) is 11.0. The van der Waals surface area contributed by atoms with Crippen LogP contribution in [-0.4, -0.2) is 5.78 Å². The second-order valence-corrected chi connectivity index (χ2v) is 5.29. The second-order valence-electron chi connectivity index (χ2n) is 4.38. The van der Waals surface area contributed by atoms with Crippen molar-refractivity contribution < 1.29 is 4.79 Å². The Balaban J connectivity index is 3.59. The van der Waals surface area contributed by atoms with Crippen LogP contribution in [0.4, 0.5) is 0 Å². The van der Waals surface area contributed by atoms with Crippen molar-refractivity contribution in [3.8, 4) is 24.3 Å². The Morgan fingerprint density at radius 1 is 1.10 bits per heavy atom. The Labute approximate surface area is 130 Å². The molecular formula is C15H9BrN4O. The van der Waals surface area contributed by atoms with Gasteiger partial charge in [-0.1, -0.05) is 28.1 Å². The summed E-state index contributed by atoms with van der Waals surface area (Å²) in [7, 11) is 0. The molecule has 0 N–H and O–H groups in total. The van der Waals surface area contributed by atoms with Gasteiger partial charge in [-0.3, -0.25) is 4.79 Å². The molecule has 0 bridgehead atoms. The van der Waals surface area contributed by atoms with Gasteiger partial charge in [0.05, 0.1) is 30.2 Å². The van der Waals surface area contributed by atoms with Gasteiger partial charge in [-0.2, -0.15) is 21.0 Å². The monoisotopic (exact) mass is 340 g/mol. The standard InChI is InChI=1S/C15H9BrN4O/c1-10(21)14(11-2-4-13(16)5-3-11)15(8-19,9-20)12(6-17)7-18/h2-5,12,14H,1H3. The minimum Gasteiger partial charge on any atom is -0.299 e. The molecular weight excluding hydrogens is 332 g/mol. The fraction of sp³-hybridized carbons (Fsp3) is 0.267. The Hall–Kier alpha value is -2.67. The molecule has 102 valence electrons. The van der Waals surface area contributed by atoms with Crippen molar-refractivity contribution in [2.45, 2.75) is 12.8 Å². The summed E-state index contributed by atoms with van der Waals surface area (Å²) in [5.74, 6) is -3.13. The van der Waals surface area contributed by atoms with Crippen molar-refractivity contribution in [3.05, 3.63) is 34.3 Å². The molecule has 0 aliphatic rings. The number of carbonyl (C=O) groups is 1. The summed E-state index contributed by atoms with van der Waals surface area (Å²) in [5, 5.41) is 36.9. The van der Waals surface area contributed by atoms with E-state index in [4.69, 9.17) is 10.5 Å². The number of halogens is 1. The molecule has 1 unspecified atom stereocenters. The number of carbonyl (C=O) groups excluding carboxylic acids is 1. The van der Waals surface area contributed by atoms with Gasteiger partial charge in [0.2, 0.25) is 0 Å². The summed E-state index contributed by atoms with van der Waals surface area (Å²) < 4.78 is 0.769. The van der Waals surface area contributed by atoms with Crippen molar-refractivity contribution in [3.63, 3.8) is 0 Å². The van der Waals surface area contributed by atoms with E-state index in [0.29, 0.717) is 5.56 Å². The van der Waals surface area contributed by atoms with E-state index >= 15 is 0 Å². The topological polar surface area (TPSA) is 112 Å². The van der Waals surface area contributed by atoms with E-state index in [-0.39, 0.29) is 0 Å². The lowest BCUT2D eigenvalue weighted by atomic mass is 9.65. The van der Waals surface area contributed by atoms with E-state index in [0.717, 1.165) is 4.47 Å². The molecule has 5 nitrogen and oxygen atoms in total. The molecule has 0 spiro atoms. The van der Waals surface area contributed by atoms with Gasteiger partial charge < -0.3 is 0 Å². The van der Waals surface area contributed by atoms with Gasteiger partial charge in [-0.15, -0.1) is 0 Å². The first-order valence-electron chi connectivity index (χ1n) is 5.84. The summed E-state index contributed by atoms with van der Waals surface area (Å²) >= 11 is 3.25. The molecule has 1 atom stereocenters. The quantitative estimate of drug-likeness (QED) is 0.836. The summed E-state index contributed by atoms with van der Waals surface area (Å²) in [4.78, 5) is 12.0. The van der Waals surface area contributed by atoms with Crippen molar-refractivity contribution in [1.82, 2.24) is 0 Å². The number of benzene rings is 1. The van der Waals surface area contributed by atoms with Crippen molar-refractivity contribution in [2.75, 3.05) is 0 Å². The van der Waals surface area contributed by atoms with Gasteiger partial charge in [0.1, 0.15) is 5.78 Å². The lowest BCUT2D eigenvalue weighted by Crippen LogP contribution is -2.36. The SMILES string of the molecule is CC(=O)C(c1ccc(Br)cc1)C(C#N)(C#N)C(C#N)C#N. The largest absolute Gasteiger partial charge is 0.299 e. The van der Waals surface area contributed by atoms with Crippen LogP contribution in [0.3, 0.4) is 0 Å². The van der Waals surface area contributed by atoms with Crippen LogP contribution in [0.1, 0.15) is 18.4 Å². The molecule has 6 heteroatoms. The van der Waals surface area contributed by atoms with Gasteiger partial charge in [0.25, 0.3) is 0 Å². The third kappa shape index (κ3) is 2.92. The Morgan fingerprint density at radius 3 is 1.90 bits per heavy atom.